The van der Waals surface area contributed by atoms with E-state index in [-0.39, 0.29) is 18.3 Å². The van der Waals surface area contributed by atoms with Gasteiger partial charge in [-0.15, -0.1) is 0 Å². The zero-order valence-electron chi connectivity index (χ0n) is 14.7. The Kier molecular flexibility index (Phi) is 5.78. The first kappa shape index (κ1) is 18.8. The summed E-state index contributed by atoms with van der Waals surface area (Å²) in [6.07, 6.45) is 0. The van der Waals surface area contributed by atoms with Gasteiger partial charge in [0.2, 0.25) is 0 Å². The number of carbonyl (C=O) groups excluding carboxylic acids is 2. The maximum atomic E-state index is 13.0. The van der Waals surface area contributed by atoms with Gasteiger partial charge in [-0.1, -0.05) is 0 Å². The van der Waals surface area contributed by atoms with E-state index in [0.717, 1.165) is 0 Å². The lowest BCUT2D eigenvalue weighted by molar-refractivity contribution is -0.118. The predicted octanol–water partition coefficient (Wildman–Crippen LogP) is 3.95. The van der Waals surface area contributed by atoms with Gasteiger partial charge in [0.25, 0.3) is 5.91 Å². The van der Waals surface area contributed by atoms with Gasteiger partial charge in [0.05, 0.1) is 11.6 Å². The molecule has 0 saturated heterocycles. The molecule has 0 saturated carbocycles. The number of benzene rings is 3. The molecule has 0 aliphatic rings. The number of nitrogens with one attached hydrogen (secondary N) is 1. The van der Waals surface area contributed by atoms with Crippen molar-refractivity contribution in [2.75, 3.05) is 11.9 Å². The molecule has 1 amide bonds. The van der Waals surface area contributed by atoms with Crippen LogP contribution in [0, 0.1) is 17.1 Å². The van der Waals surface area contributed by atoms with Crippen LogP contribution in [0.15, 0.2) is 72.8 Å². The Hall–Kier alpha value is -3.98. The van der Waals surface area contributed by atoms with Gasteiger partial charge in [-0.2, -0.15) is 5.26 Å². The lowest BCUT2D eigenvalue weighted by Gasteiger charge is -2.08. The SMILES string of the molecule is N#Cc1ccc(NC(=O)COc2ccc(C(=O)c3ccc(F)cc3)cc2)cc1. The number of anilines is 1. The number of ether oxygens (including phenoxy) is 1. The molecule has 6 heteroatoms. The first-order chi connectivity index (χ1) is 13.5. The fourth-order valence-corrected chi connectivity index (χ4v) is 2.44. The van der Waals surface area contributed by atoms with Crippen LogP contribution in [0.3, 0.4) is 0 Å². The summed E-state index contributed by atoms with van der Waals surface area (Å²) in [5.41, 5.74) is 1.88. The van der Waals surface area contributed by atoms with Crippen LogP contribution >= 0.6 is 0 Å². The molecule has 0 fully saturated rings. The highest BCUT2D eigenvalue weighted by atomic mass is 19.1. The van der Waals surface area contributed by atoms with E-state index < -0.39 is 5.82 Å². The molecule has 0 aliphatic heterocycles. The number of carbonyl (C=O) groups is 2. The summed E-state index contributed by atoms with van der Waals surface area (Å²) < 4.78 is 18.4. The molecule has 0 heterocycles. The minimum Gasteiger partial charge on any atom is -0.484 e. The van der Waals surface area contributed by atoms with E-state index in [1.807, 2.05) is 6.07 Å². The van der Waals surface area contributed by atoms with Crippen LogP contribution in [0.5, 0.6) is 5.75 Å². The molecule has 0 spiro atoms. The summed E-state index contributed by atoms with van der Waals surface area (Å²) >= 11 is 0. The second kappa shape index (κ2) is 8.60. The fourth-order valence-electron chi connectivity index (χ4n) is 2.44. The van der Waals surface area contributed by atoms with Gasteiger partial charge < -0.3 is 10.1 Å². The van der Waals surface area contributed by atoms with Crippen LogP contribution in [0.1, 0.15) is 21.5 Å². The third-order valence-electron chi connectivity index (χ3n) is 3.89. The van der Waals surface area contributed by atoms with Crippen molar-refractivity contribution in [2.24, 2.45) is 0 Å². The lowest BCUT2D eigenvalue weighted by Crippen LogP contribution is -2.20. The highest BCUT2D eigenvalue weighted by molar-refractivity contribution is 6.09. The van der Waals surface area contributed by atoms with Crippen molar-refractivity contribution in [1.82, 2.24) is 0 Å². The normalized spacial score (nSPS) is 10.0. The number of halogens is 1. The summed E-state index contributed by atoms with van der Waals surface area (Å²) in [6, 6.07) is 20.1. The molecular weight excluding hydrogens is 359 g/mol. The van der Waals surface area contributed by atoms with Gasteiger partial charge >= 0.3 is 0 Å². The second-order valence-corrected chi connectivity index (χ2v) is 5.89. The number of amides is 1. The standard InChI is InChI=1S/C22H15FN2O3/c23-18-7-3-16(4-8-18)22(27)17-5-11-20(12-6-17)28-14-21(26)25-19-9-1-15(13-24)2-10-19/h1-12H,14H2,(H,25,26). The van der Waals surface area contributed by atoms with Crippen molar-refractivity contribution in [1.29, 1.82) is 5.26 Å². The van der Waals surface area contributed by atoms with Crippen molar-refractivity contribution >= 4 is 17.4 Å². The van der Waals surface area contributed by atoms with Crippen LogP contribution in [0.2, 0.25) is 0 Å². The maximum absolute atomic E-state index is 13.0. The van der Waals surface area contributed by atoms with Gasteiger partial charge in [0.1, 0.15) is 11.6 Å². The molecule has 138 valence electrons. The van der Waals surface area contributed by atoms with Crippen molar-refractivity contribution in [3.8, 4) is 11.8 Å². The minimum absolute atomic E-state index is 0.203. The Morgan fingerprint density at radius 1 is 0.893 bits per heavy atom. The van der Waals surface area contributed by atoms with Gasteiger partial charge in [-0.05, 0) is 72.8 Å². The first-order valence-corrected chi connectivity index (χ1v) is 8.38. The van der Waals surface area contributed by atoms with E-state index in [1.165, 1.54) is 24.3 Å². The Bertz CT molecular complexity index is 1020. The molecule has 3 aromatic rings. The van der Waals surface area contributed by atoms with Gasteiger partial charge in [0.15, 0.2) is 12.4 Å². The molecular formula is C22H15FN2O3. The van der Waals surface area contributed by atoms with Gasteiger partial charge in [-0.3, -0.25) is 9.59 Å². The number of hydrogen-bond acceptors (Lipinski definition) is 4. The summed E-state index contributed by atoms with van der Waals surface area (Å²) in [7, 11) is 0. The van der Waals surface area contributed by atoms with Gasteiger partial charge in [-0.25, -0.2) is 4.39 Å². The quantitative estimate of drug-likeness (QED) is 0.663. The lowest BCUT2D eigenvalue weighted by atomic mass is 10.0. The third-order valence-corrected chi connectivity index (χ3v) is 3.89. The zero-order chi connectivity index (χ0) is 19.9. The van der Waals surface area contributed by atoms with Crippen molar-refractivity contribution in [2.45, 2.75) is 0 Å². The average molecular weight is 374 g/mol. The van der Waals surface area contributed by atoms with Crippen molar-refractivity contribution in [3.05, 3.63) is 95.3 Å². The zero-order valence-corrected chi connectivity index (χ0v) is 14.7. The summed E-state index contributed by atoms with van der Waals surface area (Å²) in [4.78, 5) is 24.3. The third kappa shape index (κ3) is 4.80. The van der Waals surface area contributed by atoms with Crippen LogP contribution < -0.4 is 10.1 Å². The smallest absolute Gasteiger partial charge is 0.262 e. The number of rotatable bonds is 6. The average Bonchev–Trinajstić information content (AvgIpc) is 2.73. The van der Waals surface area contributed by atoms with Crippen molar-refractivity contribution in [3.63, 3.8) is 0 Å². The monoisotopic (exact) mass is 374 g/mol. The number of nitriles is 1. The van der Waals surface area contributed by atoms with Crippen LogP contribution in [0.4, 0.5) is 10.1 Å². The molecule has 1 N–H and O–H groups in total. The topological polar surface area (TPSA) is 79.2 Å². The molecule has 5 nitrogen and oxygen atoms in total. The van der Waals surface area contributed by atoms with Crippen LogP contribution in [-0.2, 0) is 4.79 Å². The van der Waals surface area contributed by atoms with E-state index in [9.17, 15) is 14.0 Å². The van der Waals surface area contributed by atoms with E-state index in [0.29, 0.717) is 28.1 Å². The second-order valence-electron chi connectivity index (χ2n) is 5.89. The van der Waals surface area contributed by atoms with E-state index >= 15 is 0 Å². The highest BCUT2D eigenvalue weighted by Crippen LogP contribution is 2.16. The Morgan fingerprint density at radius 2 is 1.46 bits per heavy atom. The Balaban J connectivity index is 1.55. The summed E-state index contributed by atoms with van der Waals surface area (Å²) in [5.74, 6) is -0.550. The Morgan fingerprint density at radius 3 is 2.04 bits per heavy atom. The largest absolute Gasteiger partial charge is 0.484 e. The van der Waals surface area contributed by atoms with E-state index in [2.05, 4.69) is 5.32 Å². The molecule has 28 heavy (non-hydrogen) atoms. The number of nitrogens with zero attached hydrogens (tertiary/aromatic N) is 1. The molecule has 3 rings (SSSR count). The highest BCUT2D eigenvalue weighted by Gasteiger charge is 2.10. The summed E-state index contributed by atoms with van der Waals surface area (Å²) in [5, 5.41) is 11.4. The van der Waals surface area contributed by atoms with Gasteiger partial charge in [0, 0.05) is 16.8 Å². The summed E-state index contributed by atoms with van der Waals surface area (Å²) in [6.45, 7) is -0.203. The van der Waals surface area contributed by atoms with Crippen molar-refractivity contribution < 1.29 is 18.7 Å². The minimum atomic E-state index is -0.403. The van der Waals surface area contributed by atoms with Crippen LogP contribution in [-0.4, -0.2) is 18.3 Å². The number of ketones is 1. The maximum Gasteiger partial charge on any atom is 0.262 e. The molecule has 0 aromatic heterocycles. The molecule has 0 aliphatic carbocycles. The van der Waals surface area contributed by atoms with E-state index in [1.54, 1.807) is 48.5 Å². The first-order valence-electron chi connectivity index (χ1n) is 8.38. The van der Waals surface area contributed by atoms with E-state index in [4.69, 9.17) is 10.00 Å². The number of hydrogen-bond donors (Lipinski definition) is 1. The molecule has 3 aromatic carbocycles. The molecule has 0 atom stereocenters. The fraction of sp³-hybridized carbons (Fsp3) is 0.0455. The molecule has 0 unspecified atom stereocenters. The Labute approximate surface area is 161 Å². The molecule has 0 bridgehead atoms. The molecule has 0 radical (unpaired) electrons. The predicted molar refractivity (Wildman–Crippen MR) is 102 cm³/mol. The van der Waals surface area contributed by atoms with Crippen LogP contribution in [0.25, 0.3) is 0 Å².